The number of hydrogen-bond acceptors (Lipinski definition) is 3. The minimum Gasteiger partial charge on any atom is -0.490 e. The van der Waals surface area contributed by atoms with Gasteiger partial charge in [-0.05, 0) is 30.5 Å². The van der Waals surface area contributed by atoms with E-state index in [0.717, 1.165) is 24.9 Å². The lowest BCUT2D eigenvalue weighted by Gasteiger charge is -2.16. The quantitative estimate of drug-likeness (QED) is 0.699. The maximum atomic E-state index is 13.5. The molecule has 1 aromatic carbocycles. The number of ether oxygens (including phenoxy) is 2. The third-order valence-corrected chi connectivity index (χ3v) is 2.96. The molecular weight excluding hydrogens is 245 g/mol. The maximum Gasteiger partial charge on any atom is 0.127 e. The minimum absolute atomic E-state index is 0.149. The molecule has 4 heteroatoms. The van der Waals surface area contributed by atoms with Crippen LogP contribution in [-0.2, 0) is 11.3 Å². The largest absolute Gasteiger partial charge is 0.490 e. The van der Waals surface area contributed by atoms with Crippen LogP contribution >= 0.6 is 0 Å². The van der Waals surface area contributed by atoms with Gasteiger partial charge in [-0.15, -0.1) is 0 Å². The van der Waals surface area contributed by atoms with Gasteiger partial charge >= 0.3 is 0 Å². The van der Waals surface area contributed by atoms with Gasteiger partial charge in [0.15, 0.2) is 0 Å². The lowest BCUT2D eigenvalue weighted by molar-refractivity contribution is 0.191. The number of rotatable bonds is 9. The normalized spacial score (nSPS) is 11.0. The number of halogens is 1. The predicted molar refractivity (Wildman–Crippen MR) is 75.0 cm³/mol. The summed E-state index contributed by atoms with van der Waals surface area (Å²) in [7, 11) is 1.66. The van der Waals surface area contributed by atoms with E-state index in [2.05, 4.69) is 19.2 Å². The Morgan fingerprint density at radius 1 is 1.21 bits per heavy atom. The summed E-state index contributed by atoms with van der Waals surface area (Å²) < 4.78 is 24.2. The molecule has 0 unspecified atom stereocenters. The molecule has 19 heavy (non-hydrogen) atoms. The Morgan fingerprint density at radius 2 is 1.95 bits per heavy atom. The Balaban J connectivity index is 2.60. The molecule has 1 N–H and O–H groups in total. The van der Waals surface area contributed by atoms with Crippen LogP contribution in [0, 0.1) is 5.82 Å². The summed E-state index contributed by atoms with van der Waals surface area (Å²) in [6.07, 6.45) is 2.00. The average Bonchev–Trinajstić information content (AvgIpc) is 2.40. The van der Waals surface area contributed by atoms with Gasteiger partial charge in [-0.2, -0.15) is 0 Å². The molecule has 0 atom stereocenters. The van der Waals surface area contributed by atoms with Gasteiger partial charge in [0, 0.05) is 26.3 Å². The zero-order valence-corrected chi connectivity index (χ0v) is 12.0. The van der Waals surface area contributed by atoms with Gasteiger partial charge in [0.05, 0.1) is 12.7 Å². The van der Waals surface area contributed by atoms with Gasteiger partial charge in [0.2, 0.25) is 0 Å². The SMILES string of the molecule is CCC(CC)Oc1cc(F)cc(CNCCOC)c1. The van der Waals surface area contributed by atoms with Crippen molar-refractivity contribution in [1.29, 1.82) is 0 Å². The minimum atomic E-state index is -0.257. The van der Waals surface area contributed by atoms with E-state index >= 15 is 0 Å². The van der Waals surface area contributed by atoms with Crippen LogP contribution in [0.2, 0.25) is 0 Å². The molecule has 1 aromatic rings. The van der Waals surface area contributed by atoms with Crippen molar-refractivity contribution >= 4 is 0 Å². The molecule has 0 aliphatic rings. The summed E-state index contributed by atoms with van der Waals surface area (Å²) in [6.45, 7) is 6.14. The zero-order chi connectivity index (χ0) is 14.1. The molecular formula is C15H24FNO2. The molecule has 0 saturated heterocycles. The molecule has 0 aromatic heterocycles. The Hall–Kier alpha value is -1.13. The van der Waals surface area contributed by atoms with Crippen molar-refractivity contribution in [2.45, 2.75) is 39.3 Å². The van der Waals surface area contributed by atoms with E-state index in [1.54, 1.807) is 7.11 Å². The Bertz CT molecular complexity index is 367. The Morgan fingerprint density at radius 3 is 2.58 bits per heavy atom. The number of benzene rings is 1. The van der Waals surface area contributed by atoms with Crippen molar-refractivity contribution in [1.82, 2.24) is 5.32 Å². The molecule has 108 valence electrons. The molecule has 3 nitrogen and oxygen atoms in total. The maximum absolute atomic E-state index is 13.5. The lowest BCUT2D eigenvalue weighted by Crippen LogP contribution is -2.19. The van der Waals surface area contributed by atoms with Crippen molar-refractivity contribution in [2.75, 3.05) is 20.3 Å². The van der Waals surface area contributed by atoms with Crippen LogP contribution in [-0.4, -0.2) is 26.4 Å². The predicted octanol–water partition coefficient (Wildman–Crippen LogP) is 3.13. The lowest BCUT2D eigenvalue weighted by atomic mass is 10.2. The van der Waals surface area contributed by atoms with Crippen molar-refractivity contribution in [3.63, 3.8) is 0 Å². The monoisotopic (exact) mass is 269 g/mol. The molecule has 1 rings (SSSR count). The van der Waals surface area contributed by atoms with Crippen molar-refractivity contribution in [3.8, 4) is 5.75 Å². The molecule has 0 bridgehead atoms. The molecule has 0 amide bonds. The van der Waals surface area contributed by atoms with Crippen LogP contribution in [0.25, 0.3) is 0 Å². The molecule has 0 radical (unpaired) electrons. The van der Waals surface area contributed by atoms with E-state index in [0.29, 0.717) is 18.9 Å². The number of nitrogens with one attached hydrogen (secondary N) is 1. The smallest absolute Gasteiger partial charge is 0.127 e. The van der Waals surface area contributed by atoms with Crippen LogP contribution in [0.4, 0.5) is 4.39 Å². The fourth-order valence-electron chi connectivity index (χ4n) is 1.85. The van der Waals surface area contributed by atoms with E-state index in [4.69, 9.17) is 9.47 Å². The molecule has 0 fully saturated rings. The summed E-state index contributed by atoms with van der Waals surface area (Å²) in [6, 6.07) is 4.86. The third kappa shape index (κ3) is 6.03. The highest BCUT2D eigenvalue weighted by atomic mass is 19.1. The topological polar surface area (TPSA) is 30.5 Å². The highest BCUT2D eigenvalue weighted by Crippen LogP contribution is 2.19. The molecule has 0 aliphatic carbocycles. The van der Waals surface area contributed by atoms with Crippen LogP contribution < -0.4 is 10.1 Å². The van der Waals surface area contributed by atoms with E-state index in [1.807, 2.05) is 6.07 Å². The summed E-state index contributed by atoms with van der Waals surface area (Å²) in [4.78, 5) is 0. The van der Waals surface area contributed by atoms with Crippen LogP contribution in [0.5, 0.6) is 5.75 Å². The number of hydrogen-bond donors (Lipinski definition) is 1. The van der Waals surface area contributed by atoms with Gasteiger partial charge in [0.25, 0.3) is 0 Å². The van der Waals surface area contributed by atoms with E-state index in [1.165, 1.54) is 12.1 Å². The Kier molecular flexibility index (Phi) is 7.45. The van der Waals surface area contributed by atoms with Gasteiger partial charge in [-0.25, -0.2) is 4.39 Å². The summed E-state index contributed by atoms with van der Waals surface area (Å²) >= 11 is 0. The second kappa shape index (κ2) is 8.88. The van der Waals surface area contributed by atoms with Crippen molar-refractivity contribution in [3.05, 3.63) is 29.6 Å². The van der Waals surface area contributed by atoms with Crippen LogP contribution in [0.15, 0.2) is 18.2 Å². The van der Waals surface area contributed by atoms with Gasteiger partial charge in [0.1, 0.15) is 11.6 Å². The number of methoxy groups -OCH3 is 1. The molecule has 0 saturated carbocycles. The molecule has 0 aliphatic heterocycles. The first kappa shape index (κ1) is 15.9. The zero-order valence-electron chi connectivity index (χ0n) is 12.0. The molecule has 0 heterocycles. The average molecular weight is 269 g/mol. The highest BCUT2D eigenvalue weighted by Gasteiger charge is 2.07. The Labute approximate surface area is 115 Å². The highest BCUT2D eigenvalue weighted by molar-refractivity contribution is 5.29. The summed E-state index contributed by atoms with van der Waals surface area (Å²) in [5.41, 5.74) is 0.886. The van der Waals surface area contributed by atoms with Gasteiger partial charge in [-0.3, -0.25) is 0 Å². The van der Waals surface area contributed by atoms with Crippen LogP contribution in [0.3, 0.4) is 0 Å². The standard InChI is InChI=1S/C15H24FNO2/c1-4-14(5-2)19-15-9-12(8-13(16)10-15)11-17-6-7-18-3/h8-10,14,17H,4-7,11H2,1-3H3. The second-order valence-electron chi connectivity index (χ2n) is 4.52. The first-order valence-electron chi connectivity index (χ1n) is 6.85. The first-order valence-corrected chi connectivity index (χ1v) is 6.85. The van der Waals surface area contributed by atoms with Crippen molar-refractivity contribution < 1.29 is 13.9 Å². The van der Waals surface area contributed by atoms with E-state index < -0.39 is 0 Å². The van der Waals surface area contributed by atoms with Crippen molar-refractivity contribution in [2.24, 2.45) is 0 Å². The second-order valence-corrected chi connectivity index (χ2v) is 4.52. The third-order valence-electron chi connectivity index (χ3n) is 2.96. The van der Waals surface area contributed by atoms with Crippen LogP contribution in [0.1, 0.15) is 32.3 Å². The van der Waals surface area contributed by atoms with E-state index in [-0.39, 0.29) is 11.9 Å². The fourth-order valence-corrected chi connectivity index (χ4v) is 1.85. The fraction of sp³-hybridized carbons (Fsp3) is 0.600. The summed E-state index contributed by atoms with van der Waals surface area (Å²) in [5.74, 6) is 0.351. The van der Waals surface area contributed by atoms with E-state index in [9.17, 15) is 4.39 Å². The summed E-state index contributed by atoms with van der Waals surface area (Å²) in [5, 5.41) is 3.19. The molecule has 0 spiro atoms. The first-order chi connectivity index (χ1) is 9.19. The van der Waals surface area contributed by atoms with Gasteiger partial charge in [-0.1, -0.05) is 13.8 Å². The van der Waals surface area contributed by atoms with Gasteiger partial charge < -0.3 is 14.8 Å².